The van der Waals surface area contributed by atoms with Crippen LogP contribution in [0.15, 0.2) is 42.5 Å². The van der Waals surface area contributed by atoms with E-state index in [4.69, 9.17) is 9.84 Å². The molecule has 0 heterocycles. The normalized spacial score (nSPS) is 13.1. The van der Waals surface area contributed by atoms with E-state index in [1.165, 1.54) is 19.2 Å². The molecule has 2 amide bonds. The molecule has 0 aliphatic heterocycles. The zero-order valence-corrected chi connectivity index (χ0v) is 15.0. The maximum Gasteiger partial charge on any atom is 0.335 e. The van der Waals surface area contributed by atoms with E-state index in [0.29, 0.717) is 18.8 Å². The average molecular weight is 370 g/mol. The van der Waals surface area contributed by atoms with Gasteiger partial charge in [0, 0.05) is 19.1 Å². The van der Waals surface area contributed by atoms with Crippen molar-refractivity contribution in [3.8, 4) is 11.5 Å². The first-order valence-corrected chi connectivity index (χ1v) is 8.70. The molecule has 0 bridgehead atoms. The molecule has 2 aromatic rings. The molecule has 7 heteroatoms. The topological polar surface area (TPSA) is 99.1 Å². The van der Waals surface area contributed by atoms with Crippen molar-refractivity contribution in [2.75, 3.05) is 7.11 Å². The minimum absolute atomic E-state index is 0.0634. The molecule has 142 valence electrons. The van der Waals surface area contributed by atoms with Crippen molar-refractivity contribution in [1.29, 1.82) is 0 Å². The summed E-state index contributed by atoms with van der Waals surface area (Å²) in [7, 11) is 1.49. The van der Waals surface area contributed by atoms with Crippen molar-refractivity contribution in [2.24, 2.45) is 0 Å². The lowest BCUT2D eigenvalue weighted by Gasteiger charge is -2.23. The number of hydrogen-bond acceptors (Lipinski definition) is 4. The third-order valence-corrected chi connectivity index (χ3v) is 4.49. The summed E-state index contributed by atoms with van der Waals surface area (Å²) in [5.41, 5.74) is 1.92. The largest absolute Gasteiger partial charge is 0.504 e. The number of phenols is 1. The number of aromatic hydroxyl groups is 1. The lowest BCUT2D eigenvalue weighted by molar-refractivity contribution is 0.0697. The Hall–Kier alpha value is -3.22. The van der Waals surface area contributed by atoms with E-state index in [1.807, 2.05) is 0 Å². The van der Waals surface area contributed by atoms with Crippen LogP contribution in [0.25, 0.3) is 0 Å². The molecule has 1 aliphatic rings. The molecule has 1 aliphatic carbocycles. The van der Waals surface area contributed by atoms with Gasteiger partial charge in [-0.05, 0) is 48.2 Å². The Kier molecular flexibility index (Phi) is 5.49. The maximum absolute atomic E-state index is 12.6. The number of ether oxygens (including phenoxy) is 1. The van der Waals surface area contributed by atoms with E-state index >= 15 is 0 Å². The van der Waals surface area contributed by atoms with Gasteiger partial charge in [-0.3, -0.25) is 0 Å². The van der Waals surface area contributed by atoms with E-state index in [9.17, 15) is 14.7 Å². The number of urea groups is 1. The van der Waals surface area contributed by atoms with Crippen LogP contribution in [0.4, 0.5) is 4.79 Å². The number of carboxylic acids is 1. The molecule has 3 rings (SSSR count). The summed E-state index contributed by atoms with van der Waals surface area (Å²) in [6.45, 7) is 0.742. The molecule has 1 saturated carbocycles. The SMILES string of the molecule is COc1cc(CN(C(=O)NCc2ccc(C(=O)O)cc2)C2CC2)ccc1O. The molecule has 1 fully saturated rings. The lowest BCUT2D eigenvalue weighted by Crippen LogP contribution is -2.40. The van der Waals surface area contributed by atoms with Gasteiger partial charge in [-0.2, -0.15) is 0 Å². The van der Waals surface area contributed by atoms with Crippen molar-refractivity contribution in [2.45, 2.75) is 32.0 Å². The number of carboxylic acid groups (broad SMARTS) is 1. The van der Waals surface area contributed by atoms with Crippen LogP contribution >= 0.6 is 0 Å². The zero-order chi connectivity index (χ0) is 19.4. The predicted molar refractivity (Wildman–Crippen MR) is 98.9 cm³/mol. The highest BCUT2D eigenvalue weighted by atomic mass is 16.5. The number of nitrogens with zero attached hydrogens (tertiary/aromatic N) is 1. The van der Waals surface area contributed by atoms with Crippen LogP contribution in [0.1, 0.15) is 34.3 Å². The first kappa shape index (κ1) is 18.6. The van der Waals surface area contributed by atoms with E-state index in [0.717, 1.165) is 24.0 Å². The summed E-state index contributed by atoms with van der Waals surface area (Å²) in [6, 6.07) is 11.5. The number of carbonyl (C=O) groups excluding carboxylic acids is 1. The van der Waals surface area contributed by atoms with Gasteiger partial charge in [-0.25, -0.2) is 9.59 Å². The first-order valence-electron chi connectivity index (χ1n) is 8.70. The Morgan fingerprint density at radius 1 is 1.15 bits per heavy atom. The van der Waals surface area contributed by atoms with Crippen LogP contribution in [0.2, 0.25) is 0 Å². The average Bonchev–Trinajstić information content (AvgIpc) is 3.50. The molecule has 0 radical (unpaired) electrons. The Morgan fingerprint density at radius 3 is 2.41 bits per heavy atom. The Balaban J connectivity index is 1.63. The van der Waals surface area contributed by atoms with Crippen LogP contribution in [0, 0.1) is 0 Å². The summed E-state index contributed by atoms with van der Waals surface area (Å²) < 4.78 is 5.12. The number of amides is 2. The number of benzene rings is 2. The Morgan fingerprint density at radius 2 is 1.81 bits per heavy atom. The van der Waals surface area contributed by atoms with Crippen molar-refractivity contribution >= 4 is 12.0 Å². The zero-order valence-electron chi connectivity index (χ0n) is 15.0. The van der Waals surface area contributed by atoms with Gasteiger partial charge in [0.1, 0.15) is 0 Å². The predicted octanol–water partition coefficient (Wildman–Crippen LogP) is 2.97. The lowest BCUT2D eigenvalue weighted by atomic mass is 10.1. The fraction of sp³-hybridized carbons (Fsp3) is 0.300. The molecule has 2 aromatic carbocycles. The van der Waals surface area contributed by atoms with Crippen LogP contribution in [0.3, 0.4) is 0 Å². The summed E-state index contributed by atoms with van der Waals surface area (Å²) in [6.07, 6.45) is 1.94. The standard InChI is InChI=1S/C20H22N2O5/c1-27-18-10-14(4-9-17(18)23)12-22(16-7-8-16)20(26)21-11-13-2-5-15(6-3-13)19(24)25/h2-6,9-10,16,23H,7-8,11-12H2,1H3,(H,21,26)(H,24,25). The molecule has 0 atom stereocenters. The van der Waals surface area contributed by atoms with Crippen LogP contribution in [-0.4, -0.2) is 40.3 Å². The van der Waals surface area contributed by atoms with Crippen molar-refractivity contribution in [3.63, 3.8) is 0 Å². The molecule has 0 aromatic heterocycles. The highest BCUT2D eigenvalue weighted by Gasteiger charge is 2.32. The number of hydrogen-bond donors (Lipinski definition) is 3. The van der Waals surface area contributed by atoms with Gasteiger partial charge < -0.3 is 25.2 Å². The van der Waals surface area contributed by atoms with Gasteiger partial charge in [-0.1, -0.05) is 18.2 Å². The number of methoxy groups -OCH3 is 1. The second-order valence-corrected chi connectivity index (χ2v) is 6.53. The third-order valence-electron chi connectivity index (χ3n) is 4.49. The number of aromatic carboxylic acids is 1. The minimum Gasteiger partial charge on any atom is -0.504 e. The van der Waals surface area contributed by atoms with Gasteiger partial charge in [0.05, 0.1) is 12.7 Å². The number of carbonyl (C=O) groups is 2. The van der Waals surface area contributed by atoms with Gasteiger partial charge in [-0.15, -0.1) is 0 Å². The summed E-state index contributed by atoms with van der Waals surface area (Å²) in [5, 5.41) is 21.5. The van der Waals surface area contributed by atoms with Gasteiger partial charge in [0.15, 0.2) is 11.5 Å². The fourth-order valence-electron chi connectivity index (χ4n) is 2.81. The highest BCUT2D eigenvalue weighted by Crippen LogP contribution is 2.31. The van der Waals surface area contributed by atoms with Gasteiger partial charge in [0.25, 0.3) is 0 Å². The van der Waals surface area contributed by atoms with E-state index in [-0.39, 0.29) is 23.4 Å². The van der Waals surface area contributed by atoms with Crippen molar-refractivity contribution in [1.82, 2.24) is 10.2 Å². The summed E-state index contributed by atoms with van der Waals surface area (Å²) in [4.78, 5) is 25.3. The van der Waals surface area contributed by atoms with Crippen molar-refractivity contribution < 1.29 is 24.5 Å². The molecule has 0 spiro atoms. The second kappa shape index (κ2) is 7.99. The van der Waals surface area contributed by atoms with E-state index < -0.39 is 5.97 Å². The summed E-state index contributed by atoms with van der Waals surface area (Å²) in [5.74, 6) is -0.537. The number of rotatable bonds is 7. The number of nitrogens with one attached hydrogen (secondary N) is 1. The second-order valence-electron chi connectivity index (χ2n) is 6.53. The highest BCUT2D eigenvalue weighted by molar-refractivity contribution is 5.87. The molecular weight excluding hydrogens is 348 g/mol. The molecule has 0 saturated heterocycles. The molecule has 3 N–H and O–H groups in total. The van der Waals surface area contributed by atoms with Gasteiger partial charge >= 0.3 is 12.0 Å². The van der Waals surface area contributed by atoms with Crippen LogP contribution < -0.4 is 10.1 Å². The quantitative estimate of drug-likeness (QED) is 0.696. The molecular formula is C20H22N2O5. The number of phenolic OH excluding ortho intramolecular Hbond substituents is 1. The monoisotopic (exact) mass is 370 g/mol. The maximum atomic E-state index is 12.6. The first-order chi connectivity index (χ1) is 13.0. The van der Waals surface area contributed by atoms with Crippen LogP contribution in [-0.2, 0) is 13.1 Å². The van der Waals surface area contributed by atoms with E-state index in [2.05, 4.69) is 5.32 Å². The smallest absolute Gasteiger partial charge is 0.335 e. The fourth-order valence-corrected chi connectivity index (χ4v) is 2.81. The summed E-state index contributed by atoms with van der Waals surface area (Å²) >= 11 is 0. The molecule has 7 nitrogen and oxygen atoms in total. The molecule has 0 unspecified atom stereocenters. The van der Waals surface area contributed by atoms with Crippen LogP contribution in [0.5, 0.6) is 11.5 Å². The molecule has 27 heavy (non-hydrogen) atoms. The Bertz CT molecular complexity index is 831. The third kappa shape index (κ3) is 4.69. The Labute approximate surface area is 157 Å². The van der Waals surface area contributed by atoms with Gasteiger partial charge in [0.2, 0.25) is 0 Å². The minimum atomic E-state index is -0.977. The van der Waals surface area contributed by atoms with Crippen molar-refractivity contribution in [3.05, 3.63) is 59.2 Å². The van der Waals surface area contributed by atoms with E-state index in [1.54, 1.807) is 35.2 Å².